The lowest BCUT2D eigenvalue weighted by atomic mass is 10.0. The Kier molecular flexibility index (Phi) is 3.73. The Morgan fingerprint density at radius 2 is 2.13 bits per heavy atom. The van der Waals surface area contributed by atoms with Gasteiger partial charge in [-0.3, -0.25) is 4.90 Å². The fourth-order valence-corrected chi connectivity index (χ4v) is 3.36. The molecule has 2 aliphatic rings. The maximum atomic E-state index is 11.7. The van der Waals surface area contributed by atoms with Crippen LogP contribution in [0.1, 0.15) is 31.6 Å². The molecule has 4 rings (SSSR count). The first kappa shape index (κ1) is 14.2. The smallest absolute Gasteiger partial charge is 0.414 e. The van der Waals surface area contributed by atoms with Gasteiger partial charge in [-0.15, -0.1) is 0 Å². The molecule has 0 atom stereocenters. The second-order valence-corrected chi connectivity index (χ2v) is 6.18. The maximum absolute atomic E-state index is 11.7. The van der Waals surface area contributed by atoms with E-state index in [4.69, 9.17) is 9.26 Å². The van der Waals surface area contributed by atoms with Crippen LogP contribution in [0, 0.1) is 5.92 Å². The van der Waals surface area contributed by atoms with Gasteiger partial charge in [-0.25, -0.2) is 4.79 Å². The minimum atomic E-state index is -0.308. The molecule has 1 saturated carbocycles. The highest BCUT2D eigenvalue weighted by Gasteiger charge is 2.24. The molecule has 1 aromatic carbocycles. The van der Waals surface area contributed by atoms with Crippen molar-refractivity contribution in [3.05, 3.63) is 30.2 Å². The highest BCUT2D eigenvalue weighted by molar-refractivity contribution is 5.90. The van der Waals surface area contributed by atoms with Gasteiger partial charge >= 0.3 is 6.09 Å². The number of carbonyl (C=O) groups excluding carboxylic acids is 1. The molecule has 1 aliphatic heterocycles. The van der Waals surface area contributed by atoms with E-state index >= 15 is 0 Å². The summed E-state index contributed by atoms with van der Waals surface area (Å²) in [6.07, 6.45) is 5.68. The molecule has 0 spiro atoms. The van der Waals surface area contributed by atoms with Gasteiger partial charge in [0.25, 0.3) is 0 Å². The van der Waals surface area contributed by atoms with Gasteiger partial charge in [0.2, 0.25) is 11.7 Å². The lowest BCUT2D eigenvalue weighted by Crippen LogP contribution is -2.23. The Morgan fingerprint density at radius 3 is 2.91 bits per heavy atom. The monoisotopic (exact) mass is 313 g/mol. The summed E-state index contributed by atoms with van der Waals surface area (Å²) in [4.78, 5) is 17.8. The molecular formula is C17H19N3O3. The van der Waals surface area contributed by atoms with E-state index in [2.05, 4.69) is 10.1 Å². The maximum Gasteiger partial charge on any atom is 0.414 e. The number of amides is 1. The average Bonchev–Trinajstić information content (AvgIpc) is 3.30. The van der Waals surface area contributed by atoms with Gasteiger partial charge in [0.05, 0.1) is 6.54 Å². The fourth-order valence-electron chi connectivity index (χ4n) is 3.36. The molecule has 0 N–H and O–H groups in total. The highest BCUT2D eigenvalue weighted by atomic mass is 16.6. The average molecular weight is 313 g/mol. The van der Waals surface area contributed by atoms with Crippen LogP contribution in [0.4, 0.5) is 10.5 Å². The summed E-state index contributed by atoms with van der Waals surface area (Å²) in [6.45, 7) is 0.998. The lowest BCUT2D eigenvalue weighted by molar-refractivity contribution is 0.181. The quantitative estimate of drug-likeness (QED) is 0.865. The summed E-state index contributed by atoms with van der Waals surface area (Å²) < 4.78 is 10.4. The van der Waals surface area contributed by atoms with Gasteiger partial charge < -0.3 is 9.26 Å². The van der Waals surface area contributed by atoms with Crippen molar-refractivity contribution in [1.82, 2.24) is 10.1 Å². The molecule has 0 radical (unpaired) electrons. The number of hydrogen-bond acceptors (Lipinski definition) is 5. The SMILES string of the molecule is O=C1OCCN1c1cccc(-c2noc(CC3CCCC3)n2)c1. The molecule has 1 saturated heterocycles. The molecule has 0 unspecified atom stereocenters. The van der Waals surface area contributed by atoms with Crippen LogP contribution in [-0.2, 0) is 11.2 Å². The van der Waals surface area contributed by atoms with Gasteiger partial charge in [-0.1, -0.05) is 30.1 Å². The number of anilines is 1. The van der Waals surface area contributed by atoms with Crippen molar-refractivity contribution < 1.29 is 14.1 Å². The summed E-state index contributed by atoms with van der Waals surface area (Å²) >= 11 is 0. The van der Waals surface area contributed by atoms with Gasteiger partial charge in [0.1, 0.15) is 6.61 Å². The molecular weight excluding hydrogens is 294 g/mol. The summed E-state index contributed by atoms with van der Waals surface area (Å²) in [7, 11) is 0. The minimum absolute atomic E-state index is 0.308. The fraction of sp³-hybridized carbons (Fsp3) is 0.471. The van der Waals surface area contributed by atoms with Crippen molar-refractivity contribution in [3.8, 4) is 11.4 Å². The van der Waals surface area contributed by atoms with E-state index in [0.717, 1.165) is 17.7 Å². The van der Waals surface area contributed by atoms with Crippen molar-refractivity contribution in [3.63, 3.8) is 0 Å². The van der Waals surface area contributed by atoms with Crippen LogP contribution in [0.5, 0.6) is 0 Å². The van der Waals surface area contributed by atoms with Crippen molar-refractivity contribution in [1.29, 1.82) is 0 Å². The Morgan fingerprint density at radius 1 is 1.26 bits per heavy atom. The molecule has 23 heavy (non-hydrogen) atoms. The molecule has 0 bridgehead atoms. The van der Waals surface area contributed by atoms with Crippen LogP contribution in [-0.4, -0.2) is 29.4 Å². The number of benzene rings is 1. The molecule has 120 valence electrons. The summed E-state index contributed by atoms with van der Waals surface area (Å²) in [6, 6.07) is 7.60. The van der Waals surface area contributed by atoms with Crippen molar-refractivity contribution >= 4 is 11.8 Å². The van der Waals surface area contributed by atoms with Gasteiger partial charge in [0.15, 0.2) is 0 Å². The van der Waals surface area contributed by atoms with E-state index in [1.807, 2.05) is 24.3 Å². The zero-order valence-electron chi connectivity index (χ0n) is 12.9. The van der Waals surface area contributed by atoms with Crippen LogP contribution >= 0.6 is 0 Å². The number of rotatable bonds is 4. The zero-order valence-corrected chi connectivity index (χ0v) is 12.9. The highest BCUT2D eigenvalue weighted by Crippen LogP contribution is 2.29. The van der Waals surface area contributed by atoms with Crippen molar-refractivity contribution in [2.45, 2.75) is 32.1 Å². The Labute approximate surface area is 134 Å². The second kappa shape index (κ2) is 6.02. The number of cyclic esters (lactones) is 1. The molecule has 2 fully saturated rings. The Hall–Kier alpha value is -2.37. The first-order valence-electron chi connectivity index (χ1n) is 8.17. The van der Waals surface area contributed by atoms with Gasteiger partial charge in [-0.05, 0) is 30.9 Å². The third-order valence-electron chi connectivity index (χ3n) is 4.58. The normalized spacial score (nSPS) is 18.6. The van der Waals surface area contributed by atoms with Crippen molar-refractivity contribution in [2.75, 3.05) is 18.1 Å². The first-order chi connectivity index (χ1) is 11.3. The third kappa shape index (κ3) is 2.93. The number of carbonyl (C=O) groups is 1. The van der Waals surface area contributed by atoms with E-state index in [-0.39, 0.29) is 6.09 Å². The molecule has 6 nitrogen and oxygen atoms in total. The predicted octanol–water partition coefficient (Wildman–Crippen LogP) is 3.43. The topological polar surface area (TPSA) is 68.5 Å². The summed E-state index contributed by atoms with van der Waals surface area (Å²) in [5.74, 6) is 1.96. The molecule has 1 aliphatic carbocycles. The van der Waals surface area contributed by atoms with E-state index in [9.17, 15) is 4.79 Å². The number of hydrogen-bond donors (Lipinski definition) is 0. The van der Waals surface area contributed by atoms with E-state index in [0.29, 0.717) is 30.8 Å². The largest absolute Gasteiger partial charge is 0.447 e. The summed E-state index contributed by atoms with van der Waals surface area (Å²) in [5, 5.41) is 4.09. The van der Waals surface area contributed by atoms with E-state index < -0.39 is 0 Å². The standard InChI is InChI=1S/C17H19N3O3/c21-17-20(8-9-22-17)14-7-3-6-13(11-14)16-18-15(23-19-16)10-12-4-1-2-5-12/h3,6-7,11-12H,1-2,4-5,8-10H2. The van der Waals surface area contributed by atoms with Crippen LogP contribution < -0.4 is 4.90 Å². The predicted molar refractivity (Wildman–Crippen MR) is 84.1 cm³/mol. The number of nitrogens with zero attached hydrogens (tertiary/aromatic N) is 3. The Bertz CT molecular complexity index is 707. The first-order valence-corrected chi connectivity index (χ1v) is 8.17. The van der Waals surface area contributed by atoms with Crippen LogP contribution in [0.2, 0.25) is 0 Å². The molecule has 6 heteroatoms. The van der Waals surface area contributed by atoms with E-state index in [1.54, 1.807) is 4.90 Å². The van der Waals surface area contributed by atoms with Gasteiger partial charge in [0, 0.05) is 17.7 Å². The van der Waals surface area contributed by atoms with Gasteiger partial charge in [-0.2, -0.15) is 4.98 Å². The number of ether oxygens (including phenoxy) is 1. The molecule has 1 aromatic heterocycles. The lowest BCUT2D eigenvalue weighted by Gasteiger charge is -2.12. The van der Waals surface area contributed by atoms with Crippen LogP contribution in [0.15, 0.2) is 28.8 Å². The zero-order chi connectivity index (χ0) is 15.6. The minimum Gasteiger partial charge on any atom is -0.447 e. The van der Waals surface area contributed by atoms with E-state index in [1.165, 1.54) is 25.7 Å². The molecule has 1 amide bonds. The van der Waals surface area contributed by atoms with Crippen LogP contribution in [0.3, 0.4) is 0 Å². The molecule has 2 heterocycles. The number of aromatic nitrogens is 2. The van der Waals surface area contributed by atoms with Crippen LogP contribution in [0.25, 0.3) is 11.4 Å². The summed E-state index contributed by atoms with van der Waals surface area (Å²) in [5.41, 5.74) is 1.65. The Balaban J connectivity index is 1.53. The van der Waals surface area contributed by atoms with Crippen molar-refractivity contribution in [2.24, 2.45) is 5.92 Å². The molecule has 2 aromatic rings. The second-order valence-electron chi connectivity index (χ2n) is 6.18. The third-order valence-corrected chi connectivity index (χ3v) is 4.58.